The van der Waals surface area contributed by atoms with Gasteiger partial charge in [-0.3, -0.25) is 4.98 Å². The van der Waals surface area contributed by atoms with Crippen LogP contribution in [-0.4, -0.2) is 4.98 Å². The summed E-state index contributed by atoms with van der Waals surface area (Å²) in [6, 6.07) is 12.5. The van der Waals surface area contributed by atoms with Gasteiger partial charge in [-0.1, -0.05) is 95.5 Å². The van der Waals surface area contributed by atoms with E-state index in [2.05, 4.69) is 60.7 Å². The third kappa shape index (κ3) is 7.03. The predicted octanol–water partition coefficient (Wildman–Crippen LogP) is 7.38. The molecule has 2 rings (SSSR count). The summed E-state index contributed by atoms with van der Waals surface area (Å²) in [7, 11) is 0.590. The molecule has 1 nitrogen and oxygen atoms in total. The molecule has 25 heavy (non-hydrogen) atoms. The molecule has 0 N–H and O–H groups in total. The first kappa shape index (κ1) is 20.8. The summed E-state index contributed by atoms with van der Waals surface area (Å²) in [6.07, 6.45) is 12.0. The highest BCUT2D eigenvalue weighted by Crippen LogP contribution is 2.33. The van der Waals surface area contributed by atoms with Crippen LogP contribution in [0.3, 0.4) is 0 Å². The lowest BCUT2D eigenvalue weighted by Gasteiger charge is -2.07. The smallest absolute Gasteiger partial charge is 0.0731 e. The molecule has 1 atom stereocenters. The molecule has 1 unspecified atom stereocenters. The van der Waals surface area contributed by atoms with Crippen molar-refractivity contribution >= 4 is 13.9 Å². The minimum Gasteiger partial charge on any atom is -0.256 e. The van der Waals surface area contributed by atoms with Crippen molar-refractivity contribution < 1.29 is 0 Å². The molecule has 0 saturated carbocycles. The zero-order valence-corrected chi connectivity index (χ0v) is 16.7. The van der Waals surface area contributed by atoms with Crippen molar-refractivity contribution in [2.24, 2.45) is 0 Å². The standard InChI is InChI=1S/C21H22NP.C2H6/c1-4-5-6-7-8-16-23-18(3)19-11-13-20(14-12-19)21-17(2)10-9-15-22-21;1-2/h4-16,23H,3H2,1-2H3;1-2H3/b5-4-,7-6-,16-8+;. The van der Waals surface area contributed by atoms with E-state index in [1.807, 2.05) is 57.3 Å². The number of hydrogen-bond donors (Lipinski definition) is 0. The summed E-state index contributed by atoms with van der Waals surface area (Å²) in [5.41, 5.74) is 4.56. The molecule has 0 spiro atoms. The fourth-order valence-corrected chi connectivity index (χ4v) is 2.89. The summed E-state index contributed by atoms with van der Waals surface area (Å²) in [6.45, 7) is 12.3. The second-order valence-electron chi connectivity index (χ2n) is 5.14. The number of allylic oxidation sites excluding steroid dienone is 5. The van der Waals surface area contributed by atoms with Crippen molar-refractivity contribution in [3.8, 4) is 11.3 Å². The Kier molecular flexibility index (Phi) is 10.1. The normalized spacial score (nSPS) is 11.5. The number of rotatable bonds is 6. The first-order valence-corrected chi connectivity index (χ1v) is 9.72. The zero-order chi connectivity index (χ0) is 18.5. The van der Waals surface area contributed by atoms with Crippen LogP contribution in [0.5, 0.6) is 0 Å². The molecule has 0 fully saturated rings. The Morgan fingerprint density at radius 2 is 1.68 bits per heavy atom. The van der Waals surface area contributed by atoms with E-state index in [-0.39, 0.29) is 0 Å². The van der Waals surface area contributed by atoms with Crippen molar-refractivity contribution in [2.45, 2.75) is 27.7 Å². The first-order chi connectivity index (χ1) is 12.2. The molecular weight excluding hydrogens is 321 g/mol. The molecule has 0 aliphatic carbocycles. The lowest BCUT2D eigenvalue weighted by molar-refractivity contribution is 1.27. The minimum atomic E-state index is 0.590. The monoisotopic (exact) mass is 349 g/mol. The molecule has 0 bridgehead atoms. The second-order valence-corrected chi connectivity index (χ2v) is 6.36. The second kappa shape index (κ2) is 12.2. The third-order valence-electron chi connectivity index (χ3n) is 3.40. The Morgan fingerprint density at radius 3 is 2.32 bits per heavy atom. The highest BCUT2D eigenvalue weighted by molar-refractivity contribution is 7.53. The van der Waals surface area contributed by atoms with Gasteiger partial charge in [0.15, 0.2) is 0 Å². The minimum absolute atomic E-state index is 0.590. The van der Waals surface area contributed by atoms with Gasteiger partial charge in [-0.05, 0) is 36.4 Å². The van der Waals surface area contributed by atoms with Crippen molar-refractivity contribution in [3.05, 3.63) is 96.5 Å². The third-order valence-corrected chi connectivity index (χ3v) is 4.39. The van der Waals surface area contributed by atoms with Crippen LogP contribution in [0, 0.1) is 6.92 Å². The summed E-state index contributed by atoms with van der Waals surface area (Å²) in [5, 5.41) is 1.14. The number of aryl methyl sites for hydroxylation is 1. The Bertz CT molecular complexity index is 737. The average Bonchev–Trinajstić information content (AvgIpc) is 2.66. The maximum Gasteiger partial charge on any atom is 0.0731 e. The Hall–Kier alpha value is -2.24. The van der Waals surface area contributed by atoms with Gasteiger partial charge in [0.25, 0.3) is 0 Å². The van der Waals surface area contributed by atoms with Gasteiger partial charge in [-0.15, -0.1) is 0 Å². The number of aromatic nitrogens is 1. The number of benzene rings is 1. The molecule has 0 saturated heterocycles. The maximum absolute atomic E-state index is 4.46. The molecule has 2 heteroatoms. The molecule has 2 aromatic rings. The molecular formula is C23H28NP. The zero-order valence-electron chi connectivity index (χ0n) is 15.7. The SMILES string of the molecule is C=C(P/C=C/C=C\C=C/C)c1ccc(-c2ncccc2C)cc1.CC. The van der Waals surface area contributed by atoms with Gasteiger partial charge >= 0.3 is 0 Å². The molecule has 0 aliphatic rings. The molecule has 1 aromatic heterocycles. The van der Waals surface area contributed by atoms with Crippen LogP contribution in [0.25, 0.3) is 16.6 Å². The van der Waals surface area contributed by atoms with Crippen LogP contribution < -0.4 is 0 Å². The van der Waals surface area contributed by atoms with E-state index in [9.17, 15) is 0 Å². The lowest BCUT2D eigenvalue weighted by Crippen LogP contribution is -1.87. The van der Waals surface area contributed by atoms with Gasteiger partial charge in [-0.25, -0.2) is 0 Å². The van der Waals surface area contributed by atoms with E-state index in [1.54, 1.807) is 0 Å². The molecule has 1 aromatic carbocycles. The quantitative estimate of drug-likeness (QED) is 0.391. The predicted molar refractivity (Wildman–Crippen MR) is 116 cm³/mol. The summed E-state index contributed by atoms with van der Waals surface area (Å²) in [4.78, 5) is 4.46. The van der Waals surface area contributed by atoms with E-state index in [0.717, 1.165) is 16.6 Å². The van der Waals surface area contributed by atoms with Crippen LogP contribution in [-0.2, 0) is 0 Å². The fourth-order valence-electron chi connectivity index (χ4n) is 2.14. The van der Waals surface area contributed by atoms with Crippen LogP contribution in [0.2, 0.25) is 0 Å². The van der Waals surface area contributed by atoms with E-state index in [4.69, 9.17) is 0 Å². The average molecular weight is 349 g/mol. The fraction of sp³-hybridized carbons (Fsp3) is 0.174. The van der Waals surface area contributed by atoms with Crippen molar-refractivity contribution in [1.82, 2.24) is 4.98 Å². The highest BCUT2D eigenvalue weighted by atomic mass is 31.1. The van der Waals surface area contributed by atoms with Gasteiger partial charge in [0.1, 0.15) is 0 Å². The van der Waals surface area contributed by atoms with Crippen LogP contribution in [0.1, 0.15) is 31.9 Å². The lowest BCUT2D eigenvalue weighted by atomic mass is 10.1. The van der Waals surface area contributed by atoms with Crippen LogP contribution >= 0.6 is 8.58 Å². The van der Waals surface area contributed by atoms with Crippen LogP contribution in [0.15, 0.2) is 85.4 Å². The molecule has 0 radical (unpaired) electrons. The van der Waals surface area contributed by atoms with Gasteiger partial charge in [0.05, 0.1) is 5.69 Å². The van der Waals surface area contributed by atoms with E-state index in [1.165, 1.54) is 11.1 Å². The van der Waals surface area contributed by atoms with Crippen LogP contribution in [0.4, 0.5) is 0 Å². The Labute approximate surface area is 154 Å². The molecule has 0 amide bonds. The first-order valence-electron chi connectivity index (χ1n) is 8.64. The summed E-state index contributed by atoms with van der Waals surface area (Å²) in [5.74, 6) is 2.15. The van der Waals surface area contributed by atoms with Gasteiger partial charge in [-0.2, -0.15) is 0 Å². The van der Waals surface area contributed by atoms with Gasteiger partial charge < -0.3 is 0 Å². The van der Waals surface area contributed by atoms with Crippen molar-refractivity contribution in [2.75, 3.05) is 0 Å². The maximum atomic E-state index is 4.46. The van der Waals surface area contributed by atoms with E-state index in [0.29, 0.717) is 8.58 Å². The number of pyridine rings is 1. The van der Waals surface area contributed by atoms with Crippen molar-refractivity contribution in [3.63, 3.8) is 0 Å². The Balaban J connectivity index is 0.00000151. The van der Waals surface area contributed by atoms with E-state index < -0.39 is 0 Å². The number of nitrogens with zero attached hydrogens (tertiary/aromatic N) is 1. The molecule has 130 valence electrons. The van der Waals surface area contributed by atoms with Crippen molar-refractivity contribution in [1.29, 1.82) is 0 Å². The van der Waals surface area contributed by atoms with Gasteiger partial charge in [0.2, 0.25) is 0 Å². The molecule has 0 aliphatic heterocycles. The highest BCUT2D eigenvalue weighted by Gasteiger charge is 2.03. The topological polar surface area (TPSA) is 12.9 Å². The Morgan fingerprint density at radius 1 is 1.00 bits per heavy atom. The van der Waals surface area contributed by atoms with Gasteiger partial charge in [0, 0.05) is 11.8 Å². The summed E-state index contributed by atoms with van der Waals surface area (Å²) < 4.78 is 0. The largest absolute Gasteiger partial charge is 0.256 e. The van der Waals surface area contributed by atoms with E-state index >= 15 is 0 Å². The summed E-state index contributed by atoms with van der Waals surface area (Å²) >= 11 is 0. The number of hydrogen-bond acceptors (Lipinski definition) is 1. The molecule has 1 heterocycles.